The summed E-state index contributed by atoms with van der Waals surface area (Å²) in [6.07, 6.45) is 1.17. The minimum atomic E-state index is -0.919. The molecular weight excluding hydrogens is 236 g/mol. The van der Waals surface area contributed by atoms with Crippen LogP contribution in [0.5, 0.6) is 0 Å². The first kappa shape index (κ1) is 12.5. The molecule has 1 aromatic rings. The van der Waals surface area contributed by atoms with Gasteiger partial charge in [0.25, 0.3) is 5.91 Å². The van der Waals surface area contributed by atoms with Crippen molar-refractivity contribution in [3.63, 3.8) is 0 Å². The van der Waals surface area contributed by atoms with Crippen molar-refractivity contribution in [2.45, 2.75) is 12.3 Å². The van der Waals surface area contributed by atoms with Gasteiger partial charge >= 0.3 is 5.97 Å². The number of ether oxygens (including phenoxy) is 1. The first-order chi connectivity index (χ1) is 7.56. The Bertz CT molecular complexity index is 391. The number of esters is 1. The lowest BCUT2D eigenvalue weighted by Gasteiger charge is -2.07. The molecule has 0 fully saturated rings. The Morgan fingerprint density at radius 3 is 2.88 bits per heavy atom. The standard InChI is InChI=1S/C9H11ClN2O4/c1-5-7(16-4-12-5)8(13)11-3-6(10)9(14)15-2/h4,6H,3H2,1-2H3,(H,11,13). The Kier molecular flexibility index (Phi) is 4.30. The van der Waals surface area contributed by atoms with Crippen LogP contribution < -0.4 is 5.32 Å². The van der Waals surface area contributed by atoms with Gasteiger partial charge in [0.2, 0.25) is 5.76 Å². The van der Waals surface area contributed by atoms with Crippen molar-refractivity contribution in [3.8, 4) is 0 Å². The maximum absolute atomic E-state index is 11.5. The number of alkyl halides is 1. The van der Waals surface area contributed by atoms with Gasteiger partial charge in [0.15, 0.2) is 6.39 Å². The molecule has 1 unspecified atom stereocenters. The number of nitrogens with zero attached hydrogens (tertiary/aromatic N) is 1. The van der Waals surface area contributed by atoms with Crippen LogP contribution in [0.2, 0.25) is 0 Å². The molecule has 7 heteroatoms. The third-order valence-electron chi connectivity index (χ3n) is 1.85. The van der Waals surface area contributed by atoms with Crippen LogP contribution in [0.15, 0.2) is 10.8 Å². The van der Waals surface area contributed by atoms with Crippen molar-refractivity contribution in [2.24, 2.45) is 0 Å². The third-order valence-corrected chi connectivity index (χ3v) is 2.18. The second-order valence-corrected chi connectivity index (χ2v) is 3.49. The molecule has 0 bridgehead atoms. The molecular formula is C9H11ClN2O4. The zero-order valence-electron chi connectivity index (χ0n) is 8.82. The Balaban J connectivity index is 2.48. The van der Waals surface area contributed by atoms with E-state index in [1.165, 1.54) is 13.5 Å². The summed E-state index contributed by atoms with van der Waals surface area (Å²) in [7, 11) is 1.22. The van der Waals surface area contributed by atoms with Gasteiger partial charge in [0, 0.05) is 6.54 Å². The van der Waals surface area contributed by atoms with Crippen molar-refractivity contribution in [2.75, 3.05) is 13.7 Å². The van der Waals surface area contributed by atoms with Crippen LogP contribution in [0, 0.1) is 6.92 Å². The Hall–Kier alpha value is -1.56. The number of hydrogen-bond acceptors (Lipinski definition) is 5. The fourth-order valence-electron chi connectivity index (χ4n) is 0.994. The number of aromatic nitrogens is 1. The van der Waals surface area contributed by atoms with E-state index in [1.54, 1.807) is 6.92 Å². The van der Waals surface area contributed by atoms with Gasteiger partial charge in [-0.15, -0.1) is 11.6 Å². The van der Waals surface area contributed by atoms with E-state index in [4.69, 9.17) is 16.0 Å². The molecule has 1 rings (SSSR count). The predicted octanol–water partition coefficient (Wildman–Crippen LogP) is 0.493. The molecule has 0 spiro atoms. The van der Waals surface area contributed by atoms with Crippen molar-refractivity contribution in [1.82, 2.24) is 10.3 Å². The van der Waals surface area contributed by atoms with Crippen LogP contribution in [0.4, 0.5) is 0 Å². The van der Waals surface area contributed by atoms with Crippen molar-refractivity contribution >= 4 is 23.5 Å². The van der Waals surface area contributed by atoms with E-state index in [9.17, 15) is 9.59 Å². The monoisotopic (exact) mass is 246 g/mol. The van der Waals surface area contributed by atoms with E-state index in [0.29, 0.717) is 5.69 Å². The number of hydrogen-bond donors (Lipinski definition) is 1. The highest BCUT2D eigenvalue weighted by Crippen LogP contribution is 2.05. The minimum absolute atomic E-state index is 0.0345. The normalized spacial score (nSPS) is 11.9. The quantitative estimate of drug-likeness (QED) is 0.618. The number of amides is 1. The number of methoxy groups -OCH3 is 1. The van der Waals surface area contributed by atoms with Gasteiger partial charge in [0.1, 0.15) is 5.38 Å². The zero-order valence-corrected chi connectivity index (χ0v) is 9.58. The molecule has 0 radical (unpaired) electrons. The van der Waals surface area contributed by atoms with Gasteiger partial charge in [-0.25, -0.2) is 4.98 Å². The van der Waals surface area contributed by atoms with Gasteiger partial charge in [-0.1, -0.05) is 0 Å². The Labute approximate surface area is 96.9 Å². The summed E-state index contributed by atoms with van der Waals surface area (Å²) < 4.78 is 9.26. The summed E-state index contributed by atoms with van der Waals surface area (Å²) in [4.78, 5) is 26.2. The van der Waals surface area contributed by atoms with Crippen molar-refractivity contribution in [1.29, 1.82) is 0 Å². The van der Waals surface area contributed by atoms with E-state index < -0.39 is 17.3 Å². The van der Waals surface area contributed by atoms with Gasteiger partial charge in [0.05, 0.1) is 12.8 Å². The van der Waals surface area contributed by atoms with Crippen molar-refractivity contribution in [3.05, 3.63) is 17.8 Å². The summed E-state index contributed by atoms with van der Waals surface area (Å²) in [5, 5.41) is 1.52. The number of rotatable bonds is 4. The predicted molar refractivity (Wildman–Crippen MR) is 55.2 cm³/mol. The molecule has 0 aromatic carbocycles. The minimum Gasteiger partial charge on any atom is -0.468 e. The number of oxazole rings is 1. The van der Waals surface area contributed by atoms with Crippen molar-refractivity contribution < 1.29 is 18.7 Å². The molecule has 1 aromatic heterocycles. The van der Waals surface area contributed by atoms with Crippen LogP contribution in [0.3, 0.4) is 0 Å². The molecule has 16 heavy (non-hydrogen) atoms. The van der Waals surface area contributed by atoms with Gasteiger partial charge in [-0.3, -0.25) is 9.59 Å². The van der Waals surface area contributed by atoms with Crippen LogP contribution in [0.25, 0.3) is 0 Å². The molecule has 6 nitrogen and oxygen atoms in total. The number of halogens is 1. The third kappa shape index (κ3) is 2.96. The second-order valence-electron chi connectivity index (χ2n) is 2.97. The van der Waals surface area contributed by atoms with Crippen LogP contribution in [-0.2, 0) is 9.53 Å². The lowest BCUT2D eigenvalue weighted by molar-refractivity contribution is -0.140. The fraction of sp³-hybridized carbons (Fsp3) is 0.444. The number of carbonyl (C=O) groups is 2. The molecule has 1 amide bonds. The highest BCUT2D eigenvalue weighted by Gasteiger charge is 2.19. The maximum Gasteiger partial charge on any atom is 0.325 e. The van der Waals surface area contributed by atoms with Gasteiger partial charge < -0.3 is 14.5 Å². The van der Waals surface area contributed by atoms with Gasteiger partial charge in [-0.05, 0) is 6.92 Å². The molecule has 1 N–H and O–H groups in total. The molecule has 1 atom stereocenters. The summed E-state index contributed by atoms with van der Waals surface area (Å²) in [5.74, 6) is -0.963. The highest BCUT2D eigenvalue weighted by molar-refractivity contribution is 6.30. The lowest BCUT2D eigenvalue weighted by atomic mass is 10.3. The smallest absolute Gasteiger partial charge is 0.325 e. The Morgan fingerprint density at radius 1 is 1.69 bits per heavy atom. The molecule has 0 aliphatic rings. The SMILES string of the molecule is COC(=O)C(Cl)CNC(=O)c1ocnc1C. The molecule has 0 saturated carbocycles. The van der Waals surface area contributed by atoms with Crippen LogP contribution in [0.1, 0.15) is 16.2 Å². The molecule has 1 heterocycles. The molecule has 0 saturated heterocycles. The summed E-state index contributed by atoms with van der Waals surface area (Å²) in [6, 6.07) is 0. The van der Waals surface area contributed by atoms with Crippen LogP contribution in [-0.4, -0.2) is 35.9 Å². The zero-order chi connectivity index (χ0) is 12.1. The van der Waals surface area contributed by atoms with E-state index in [0.717, 1.165) is 0 Å². The number of aryl methyl sites for hydroxylation is 1. The fourth-order valence-corrected chi connectivity index (χ4v) is 1.16. The lowest BCUT2D eigenvalue weighted by Crippen LogP contribution is -2.34. The molecule has 0 aliphatic carbocycles. The van der Waals surface area contributed by atoms with E-state index in [-0.39, 0.29) is 12.3 Å². The second kappa shape index (κ2) is 5.50. The first-order valence-corrected chi connectivity index (χ1v) is 4.90. The molecule has 0 aliphatic heterocycles. The van der Waals surface area contributed by atoms with E-state index in [2.05, 4.69) is 15.0 Å². The summed E-state index contributed by atoms with van der Waals surface area (Å²) >= 11 is 5.64. The van der Waals surface area contributed by atoms with E-state index in [1.807, 2.05) is 0 Å². The number of carbonyl (C=O) groups excluding carboxylic acids is 2. The number of nitrogens with one attached hydrogen (secondary N) is 1. The molecule has 88 valence electrons. The Morgan fingerprint density at radius 2 is 2.38 bits per heavy atom. The average molecular weight is 247 g/mol. The summed E-state index contributed by atoms with van der Waals surface area (Å²) in [5.41, 5.74) is 0.474. The first-order valence-electron chi connectivity index (χ1n) is 4.46. The van der Waals surface area contributed by atoms with Crippen LogP contribution >= 0.6 is 11.6 Å². The topological polar surface area (TPSA) is 81.4 Å². The largest absolute Gasteiger partial charge is 0.468 e. The summed E-state index contributed by atoms with van der Waals surface area (Å²) in [6.45, 7) is 1.60. The van der Waals surface area contributed by atoms with E-state index >= 15 is 0 Å². The average Bonchev–Trinajstić information content (AvgIpc) is 2.70. The maximum atomic E-state index is 11.5. The van der Waals surface area contributed by atoms with Gasteiger partial charge in [-0.2, -0.15) is 0 Å². The highest BCUT2D eigenvalue weighted by atomic mass is 35.5.